The Morgan fingerprint density at radius 3 is 3.00 bits per heavy atom. The van der Waals surface area contributed by atoms with Crippen molar-refractivity contribution in [3.8, 4) is 0 Å². The zero-order valence-corrected chi connectivity index (χ0v) is 11.1. The molecule has 0 aromatic carbocycles. The first kappa shape index (κ1) is 12.6. The molecule has 6 nitrogen and oxygen atoms in total. The second kappa shape index (κ2) is 5.18. The summed E-state index contributed by atoms with van der Waals surface area (Å²) in [4.78, 5) is 15.7. The van der Waals surface area contributed by atoms with E-state index in [1.54, 1.807) is 10.1 Å². The molecule has 1 amide bonds. The number of thiazole rings is 1. The summed E-state index contributed by atoms with van der Waals surface area (Å²) in [6.45, 7) is 2.49. The maximum absolute atomic E-state index is 11.8. The fraction of sp³-hybridized carbons (Fsp3) is 0.364. The van der Waals surface area contributed by atoms with Crippen LogP contribution >= 0.6 is 11.3 Å². The second-order valence-corrected chi connectivity index (χ2v) is 4.77. The van der Waals surface area contributed by atoms with E-state index < -0.39 is 0 Å². The predicted molar refractivity (Wildman–Crippen MR) is 70.3 cm³/mol. The van der Waals surface area contributed by atoms with E-state index in [2.05, 4.69) is 15.4 Å². The maximum atomic E-state index is 11.8. The number of carbonyl (C=O) groups excluding carboxylic acids is 1. The number of hydrogen-bond donors (Lipinski definition) is 2. The average Bonchev–Trinajstić information content (AvgIpc) is 2.92. The highest BCUT2D eigenvalue weighted by molar-refractivity contribution is 7.13. The van der Waals surface area contributed by atoms with Crippen LogP contribution in [0.2, 0.25) is 0 Å². The van der Waals surface area contributed by atoms with Crippen molar-refractivity contribution in [2.24, 2.45) is 7.05 Å². The minimum Gasteiger partial charge on any atom is -0.375 e. The van der Waals surface area contributed by atoms with E-state index in [4.69, 9.17) is 5.73 Å². The highest BCUT2D eigenvalue weighted by atomic mass is 32.1. The Morgan fingerprint density at radius 2 is 2.39 bits per heavy atom. The van der Waals surface area contributed by atoms with Crippen molar-refractivity contribution in [3.05, 3.63) is 28.5 Å². The van der Waals surface area contributed by atoms with Crippen molar-refractivity contribution in [1.82, 2.24) is 20.1 Å². The van der Waals surface area contributed by atoms with Crippen LogP contribution in [-0.2, 0) is 20.0 Å². The normalized spacial score (nSPS) is 10.6. The highest BCUT2D eigenvalue weighted by Gasteiger charge is 2.11. The SMILES string of the molecule is CCc1nn(C)cc1CNC(=O)c1csc(N)n1. The van der Waals surface area contributed by atoms with Crippen molar-refractivity contribution in [2.75, 3.05) is 5.73 Å². The van der Waals surface area contributed by atoms with Gasteiger partial charge in [-0.2, -0.15) is 5.10 Å². The first-order valence-electron chi connectivity index (χ1n) is 5.60. The van der Waals surface area contributed by atoms with Crippen molar-refractivity contribution >= 4 is 22.4 Å². The third-order valence-electron chi connectivity index (χ3n) is 2.52. The van der Waals surface area contributed by atoms with Crippen LogP contribution in [-0.4, -0.2) is 20.7 Å². The Balaban J connectivity index is 2.01. The summed E-state index contributed by atoms with van der Waals surface area (Å²) in [5, 5.41) is 9.18. The minimum atomic E-state index is -0.214. The van der Waals surface area contributed by atoms with Crippen LogP contribution in [0, 0.1) is 0 Å². The van der Waals surface area contributed by atoms with Crippen LogP contribution < -0.4 is 11.1 Å². The summed E-state index contributed by atoms with van der Waals surface area (Å²) in [5.74, 6) is -0.214. The van der Waals surface area contributed by atoms with Gasteiger partial charge in [-0.15, -0.1) is 11.3 Å². The number of nitrogens with zero attached hydrogens (tertiary/aromatic N) is 3. The molecule has 7 heteroatoms. The van der Waals surface area contributed by atoms with Crippen LogP contribution in [0.5, 0.6) is 0 Å². The smallest absolute Gasteiger partial charge is 0.271 e. The third kappa shape index (κ3) is 2.67. The third-order valence-corrected chi connectivity index (χ3v) is 3.19. The van der Waals surface area contributed by atoms with E-state index in [0.29, 0.717) is 17.4 Å². The van der Waals surface area contributed by atoms with E-state index in [0.717, 1.165) is 17.7 Å². The molecule has 0 unspecified atom stereocenters. The van der Waals surface area contributed by atoms with Gasteiger partial charge in [0.25, 0.3) is 5.91 Å². The Labute approximate surface area is 109 Å². The van der Waals surface area contributed by atoms with Gasteiger partial charge in [-0.25, -0.2) is 4.98 Å². The van der Waals surface area contributed by atoms with Gasteiger partial charge in [0.15, 0.2) is 5.13 Å². The van der Waals surface area contributed by atoms with Crippen LogP contribution in [0.4, 0.5) is 5.13 Å². The monoisotopic (exact) mass is 265 g/mol. The number of anilines is 1. The quantitative estimate of drug-likeness (QED) is 0.862. The molecule has 0 saturated heterocycles. The lowest BCUT2D eigenvalue weighted by molar-refractivity contribution is 0.0946. The Kier molecular flexibility index (Phi) is 3.61. The summed E-state index contributed by atoms with van der Waals surface area (Å²) in [6.07, 6.45) is 2.75. The Morgan fingerprint density at radius 1 is 1.61 bits per heavy atom. The molecule has 0 radical (unpaired) electrons. The lowest BCUT2D eigenvalue weighted by atomic mass is 10.2. The molecule has 0 saturated carbocycles. The van der Waals surface area contributed by atoms with E-state index >= 15 is 0 Å². The number of nitrogens with two attached hydrogens (primary N) is 1. The molecule has 2 rings (SSSR count). The van der Waals surface area contributed by atoms with Gasteiger partial charge in [-0.05, 0) is 6.42 Å². The van der Waals surface area contributed by atoms with Crippen LogP contribution in [0.25, 0.3) is 0 Å². The van der Waals surface area contributed by atoms with Crippen molar-refractivity contribution < 1.29 is 4.79 Å². The molecule has 0 aliphatic carbocycles. The topological polar surface area (TPSA) is 85.8 Å². The van der Waals surface area contributed by atoms with Gasteiger partial charge >= 0.3 is 0 Å². The first-order chi connectivity index (χ1) is 8.60. The first-order valence-corrected chi connectivity index (χ1v) is 6.48. The summed E-state index contributed by atoms with van der Waals surface area (Å²) in [5.41, 5.74) is 7.87. The Bertz CT molecular complexity index is 560. The van der Waals surface area contributed by atoms with Crippen molar-refractivity contribution in [1.29, 1.82) is 0 Å². The molecule has 0 aliphatic rings. The van der Waals surface area contributed by atoms with E-state index in [9.17, 15) is 4.79 Å². The number of nitrogens with one attached hydrogen (secondary N) is 1. The summed E-state index contributed by atoms with van der Waals surface area (Å²) in [7, 11) is 1.87. The molecule has 2 heterocycles. The zero-order valence-electron chi connectivity index (χ0n) is 10.3. The van der Waals surface area contributed by atoms with Crippen molar-refractivity contribution in [2.45, 2.75) is 19.9 Å². The van der Waals surface area contributed by atoms with Crippen LogP contribution in [0.15, 0.2) is 11.6 Å². The van der Waals surface area contributed by atoms with Gasteiger partial charge in [0.1, 0.15) is 5.69 Å². The van der Waals surface area contributed by atoms with E-state index in [-0.39, 0.29) is 5.91 Å². The molecular formula is C11H15N5OS. The second-order valence-electron chi connectivity index (χ2n) is 3.88. The summed E-state index contributed by atoms with van der Waals surface area (Å²) >= 11 is 1.26. The van der Waals surface area contributed by atoms with E-state index in [1.807, 2.05) is 20.2 Å². The van der Waals surface area contributed by atoms with Gasteiger partial charge in [0.2, 0.25) is 0 Å². The molecule has 96 valence electrons. The van der Waals surface area contributed by atoms with Gasteiger partial charge < -0.3 is 11.1 Å². The highest BCUT2D eigenvalue weighted by Crippen LogP contribution is 2.11. The molecule has 0 spiro atoms. The number of aryl methyl sites for hydroxylation is 2. The molecule has 18 heavy (non-hydrogen) atoms. The van der Waals surface area contributed by atoms with Gasteiger partial charge in [0, 0.05) is 30.7 Å². The van der Waals surface area contributed by atoms with Crippen LogP contribution in [0.1, 0.15) is 28.7 Å². The average molecular weight is 265 g/mol. The molecule has 0 fully saturated rings. The number of carbonyl (C=O) groups is 1. The van der Waals surface area contributed by atoms with Gasteiger partial charge in [0.05, 0.1) is 5.69 Å². The molecular weight excluding hydrogens is 250 g/mol. The molecule has 0 bridgehead atoms. The fourth-order valence-corrected chi connectivity index (χ4v) is 2.23. The number of nitrogen functional groups attached to an aromatic ring is 1. The standard InChI is InChI=1S/C11H15N5OS/c1-3-8-7(5-16(2)15-8)4-13-10(17)9-6-18-11(12)14-9/h5-6H,3-4H2,1-2H3,(H2,12,14)(H,13,17). The molecule has 0 atom stereocenters. The number of amides is 1. The predicted octanol–water partition coefficient (Wildman–Crippen LogP) is 0.951. The molecule has 2 aromatic heterocycles. The lowest BCUT2D eigenvalue weighted by Crippen LogP contribution is -2.23. The lowest BCUT2D eigenvalue weighted by Gasteiger charge is -2.02. The largest absolute Gasteiger partial charge is 0.375 e. The number of hydrogen-bond acceptors (Lipinski definition) is 5. The van der Waals surface area contributed by atoms with E-state index in [1.165, 1.54) is 11.3 Å². The van der Waals surface area contributed by atoms with Crippen LogP contribution in [0.3, 0.4) is 0 Å². The number of rotatable bonds is 4. The molecule has 2 aromatic rings. The van der Waals surface area contributed by atoms with Gasteiger partial charge in [-0.1, -0.05) is 6.92 Å². The maximum Gasteiger partial charge on any atom is 0.271 e. The van der Waals surface area contributed by atoms with Gasteiger partial charge in [-0.3, -0.25) is 9.48 Å². The summed E-state index contributed by atoms with van der Waals surface area (Å²) in [6, 6.07) is 0. The van der Waals surface area contributed by atoms with Crippen molar-refractivity contribution in [3.63, 3.8) is 0 Å². The minimum absolute atomic E-state index is 0.214. The zero-order chi connectivity index (χ0) is 13.1. The number of aromatic nitrogens is 3. The molecule has 0 aliphatic heterocycles. The molecule has 3 N–H and O–H groups in total. The Hall–Kier alpha value is -1.89. The summed E-state index contributed by atoms with van der Waals surface area (Å²) < 4.78 is 1.75. The fourth-order valence-electron chi connectivity index (χ4n) is 1.69.